The van der Waals surface area contributed by atoms with E-state index in [4.69, 9.17) is 18.9 Å². The van der Waals surface area contributed by atoms with E-state index < -0.39 is 0 Å². The number of ether oxygens (including phenoxy) is 4. The Morgan fingerprint density at radius 3 is 2.43 bits per heavy atom. The van der Waals surface area contributed by atoms with E-state index in [1.165, 1.54) is 19.6 Å². The lowest BCUT2D eigenvalue weighted by Gasteiger charge is -2.13. The topological polar surface area (TPSA) is 123 Å². The molecule has 1 N–H and O–H groups in total. The molecule has 3 heterocycles. The van der Waals surface area contributed by atoms with E-state index in [-0.39, 0.29) is 12.3 Å². The van der Waals surface area contributed by atoms with Crippen LogP contribution in [0.4, 0.5) is 5.69 Å². The van der Waals surface area contributed by atoms with Crippen LogP contribution in [-0.4, -0.2) is 52.0 Å². The van der Waals surface area contributed by atoms with E-state index in [1.54, 1.807) is 43.3 Å². The number of nitrogens with one attached hydrogen (secondary N) is 1. The smallest absolute Gasteiger partial charge is 0.230 e. The summed E-state index contributed by atoms with van der Waals surface area (Å²) in [6.45, 7) is 4.54. The average Bonchev–Trinajstić information content (AvgIpc) is 3.23. The summed E-state index contributed by atoms with van der Waals surface area (Å²) >= 11 is 0. The van der Waals surface area contributed by atoms with Gasteiger partial charge >= 0.3 is 0 Å². The zero-order valence-electron chi connectivity index (χ0n) is 20.2. The summed E-state index contributed by atoms with van der Waals surface area (Å²) in [5, 5.41) is 7.84. The number of carbonyl (C=O) groups is 1. The lowest BCUT2D eigenvalue weighted by atomic mass is 10.2. The maximum absolute atomic E-state index is 12.6. The third-order valence-electron chi connectivity index (χ3n) is 5.32. The van der Waals surface area contributed by atoms with E-state index >= 15 is 0 Å². The number of benzene rings is 1. The zero-order chi connectivity index (χ0) is 24.9. The average molecular weight is 479 g/mol. The Morgan fingerprint density at radius 2 is 1.74 bits per heavy atom. The van der Waals surface area contributed by atoms with Crippen molar-refractivity contribution in [1.82, 2.24) is 24.7 Å². The van der Waals surface area contributed by atoms with Crippen LogP contribution < -0.4 is 24.3 Å². The molecular formula is C24H26N6O5. The fourth-order valence-corrected chi connectivity index (χ4v) is 3.52. The van der Waals surface area contributed by atoms with Crippen LogP contribution >= 0.6 is 0 Å². The summed E-state index contributed by atoms with van der Waals surface area (Å²) in [5.74, 6) is 1.96. The maximum atomic E-state index is 12.6. The van der Waals surface area contributed by atoms with E-state index in [0.717, 1.165) is 12.2 Å². The zero-order valence-corrected chi connectivity index (χ0v) is 20.2. The second-order valence-corrected chi connectivity index (χ2v) is 7.53. The Morgan fingerprint density at radius 1 is 1.00 bits per heavy atom. The maximum Gasteiger partial charge on any atom is 0.230 e. The van der Waals surface area contributed by atoms with Crippen LogP contribution in [0.1, 0.15) is 18.3 Å². The van der Waals surface area contributed by atoms with Crippen molar-refractivity contribution in [2.24, 2.45) is 0 Å². The van der Waals surface area contributed by atoms with E-state index in [1.807, 2.05) is 13.8 Å². The van der Waals surface area contributed by atoms with Crippen molar-refractivity contribution in [1.29, 1.82) is 0 Å². The van der Waals surface area contributed by atoms with E-state index in [9.17, 15) is 4.79 Å². The molecule has 1 aromatic carbocycles. The molecule has 0 radical (unpaired) electrons. The Balaban J connectivity index is 1.55. The van der Waals surface area contributed by atoms with Gasteiger partial charge in [0.1, 0.15) is 12.1 Å². The lowest BCUT2D eigenvalue weighted by Crippen LogP contribution is -2.16. The van der Waals surface area contributed by atoms with Crippen molar-refractivity contribution in [2.45, 2.75) is 26.8 Å². The summed E-state index contributed by atoms with van der Waals surface area (Å²) < 4.78 is 23.9. The molecule has 4 rings (SSSR count). The van der Waals surface area contributed by atoms with Crippen molar-refractivity contribution in [2.75, 3.05) is 26.6 Å². The highest BCUT2D eigenvalue weighted by Crippen LogP contribution is 2.36. The molecule has 3 aromatic heterocycles. The molecule has 0 unspecified atom stereocenters. The minimum absolute atomic E-state index is 0.0215. The molecule has 11 nitrogen and oxygen atoms in total. The summed E-state index contributed by atoms with van der Waals surface area (Å²) in [5.41, 5.74) is 2.51. The van der Waals surface area contributed by atoms with E-state index in [0.29, 0.717) is 51.2 Å². The van der Waals surface area contributed by atoms with Crippen LogP contribution in [0.15, 0.2) is 36.9 Å². The molecule has 0 saturated heterocycles. The predicted octanol–water partition coefficient (Wildman–Crippen LogP) is 3.55. The number of methoxy groups -OCH3 is 3. The van der Waals surface area contributed by atoms with Gasteiger partial charge in [-0.3, -0.25) is 14.5 Å². The SMILES string of the molecule is CCn1cc(NC(=O)Cc2ncc(Oc3ncnc4cc(OC)c(OC)cc34)cc2OC)c(C)n1. The van der Waals surface area contributed by atoms with E-state index in [2.05, 4.69) is 25.4 Å². The normalized spacial score (nSPS) is 10.8. The van der Waals surface area contributed by atoms with Crippen LogP contribution in [-0.2, 0) is 17.8 Å². The fourth-order valence-electron chi connectivity index (χ4n) is 3.52. The van der Waals surface area contributed by atoms with Gasteiger partial charge in [0.05, 0.1) is 61.9 Å². The molecule has 0 aliphatic rings. The minimum Gasteiger partial charge on any atom is -0.495 e. The number of anilines is 1. The Labute approximate surface area is 202 Å². The number of hydrogen-bond acceptors (Lipinski definition) is 9. The van der Waals surface area contributed by atoms with Gasteiger partial charge in [0.15, 0.2) is 17.2 Å². The number of aromatic nitrogens is 5. The third-order valence-corrected chi connectivity index (χ3v) is 5.32. The highest BCUT2D eigenvalue weighted by atomic mass is 16.5. The summed E-state index contributed by atoms with van der Waals surface area (Å²) in [6, 6.07) is 5.15. The van der Waals surface area contributed by atoms with Gasteiger partial charge in [0.25, 0.3) is 0 Å². The molecule has 0 aliphatic heterocycles. The first-order valence-corrected chi connectivity index (χ1v) is 10.9. The predicted molar refractivity (Wildman–Crippen MR) is 128 cm³/mol. The second-order valence-electron chi connectivity index (χ2n) is 7.53. The highest BCUT2D eigenvalue weighted by molar-refractivity contribution is 5.92. The van der Waals surface area contributed by atoms with Gasteiger partial charge in [0.2, 0.25) is 11.8 Å². The fraction of sp³-hybridized carbons (Fsp3) is 0.292. The Bertz CT molecular complexity index is 1370. The van der Waals surface area contributed by atoms with Crippen LogP contribution in [0.2, 0.25) is 0 Å². The number of amides is 1. The molecule has 0 aliphatic carbocycles. The van der Waals surface area contributed by atoms with Gasteiger partial charge in [-0.1, -0.05) is 0 Å². The number of fused-ring (bicyclic) bond motifs is 1. The number of carbonyl (C=O) groups excluding carboxylic acids is 1. The standard InChI is InChI=1S/C24H26N6O5/c1-6-30-12-19(14(2)29-30)28-23(31)10-18-20(32-3)7-15(11-25-18)35-24-16-8-21(33-4)22(34-5)9-17(16)26-13-27-24/h7-9,11-13H,6,10H2,1-5H3,(H,28,31). The molecule has 0 saturated carbocycles. The van der Waals surface area contributed by atoms with Gasteiger partial charge in [-0.25, -0.2) is 9.97 Å². The third kappa shape index (κ3) is 5.08. The molecule has 11 heteroatoms. The molecule has 0 spiro atoms. The monoisotopic (exact) mass is 478 g/mol. The molecule has 4 aromatic rings. The largest absolute Gasteiger partial charge is 0.495 e. The molecule has 0 atom stereocenters. The van der Waals surface area contributed by atoms with Crippen molar-refractivity contribution in [3.05, 3.63) is 48.3 Å². The van der Waals surface area contributed by atoms with Crippen molar-refractivity contribution < 1.29 is 23.7 Å². The Hall–Kier alpha value is -4.41. The van der Waals surface area contributed by atoms with Gasteiger partial charge in [-0.05, 0) is 19.9 Å². The summed E-state index contributed by atoms with van der Waals surface area (Å²) in [7, 11) is 4.62. The molecule has 1 amide bonds. The van der Waals surface area contributed by atoms with Crippen molar-refractivity contribution in [3.63, 3.8) is 0 Å². The minimum atomic E-state index is -0.231. The van der Waals surface area contributed by atoms with Crippen molar-refractivity contribution in [3.8, 4) is 28.9 Å². The van der Waals surface area contributed by atoms with Gasteiger partial charge in [-0.15, -0.1) is 0 Å². The van der Waals surface area contributed by atoms with Crippen molar-refractivity contribution >= 4 is 22.5 Å². The molecule has 0 fully saturated rings. The van der Waals surface area contributed by atoms with Crippen LogP contribution in [0.3, 0.4) is 0 Å². The second kappa shape index (κ2) is 10.2. The lowest BCUT2D eigenvalue weighted by molar-refractivity contribution is -0.115. The van der Waals surface area contributed by atoms with Gasteiger partial charge < -0.3 is 24.3 Å². The first kappa shape index (κ1) is 23.7. The summed E-state index contributed by atoms with van der Waals surface area (Å²) in [6.07, 6.45) is 4.73. The molecule has 0 bridgehead atoms. The van der Waals surface area contributed by atoms with Gasteiger partial charge in [0, 0.05) is 24.9 Å². The molecular weight excluding hydrogens is 452 g/mol. The number of rotatable bonds is 9. The molecule has 35 heavy (non-hydrogen) atoms. The van der Waals surface area contributed by atoms with Crippen LogP contribution in [0, 0.1) is 6.92 Å². The summed E-state index contributed by atoms with van der Waals surface area (Å²) in [4.78, 5) is 25.5. The van der Waals surface area contributed by atoms with Crippen LogP contribution in [0.25, 0.3) is 10.9 Å². The van der Waals surface area contributed by atoms with Gasteiger partial charge in [-0.2, -0.15) is 5.10 Å². The number of hydrogen-bond donors (Lipinski definition) is 1. The number of aryl methyl sites for hydroxylation is 2. The Kier molecular flexibility index (Phi) is 6.95. The number of nitrogens with zero attached hydrogens (tertiary/aromatic N) is 5. The molecule has 182 valence electrons. The quantitative estimate of drug-likeness (QED) is 0.385. The first-order chi connectivity index (χ1) is 16.9. The highest BCUT2D eigenvalue weighted by Gasteiger charge is 2.16. The van der Waals surface area contributed by atoms with Crippen LogP contribution in [0.5, 0.6) is 28.9 Å². The first-order valence-electron chi connectivity index (χ1n) is 10.9. The number of pyridine rings is 1.